The molecule has 114 valence electrons. The Morgan fingerprint density at radius 2 is 2.10 bits per heavy atom. The smallest absolute Gasteiger partial charge is 0.251 e. The summed E-state index contributed by atoms with van der Waals surface area (Å²) in [4.78, 5) is 17.8. The molecule has 0 saturated heterocycles. The van der Waals surface area contributed by atoms with Crippen molar-refractivity contribution < 1.29 is 8.42 Å². The van der Waals surface area contributed by atoms with Crippen LogP contribution in [0.5, 0.6) is 0 Å². The number of H-pyrrole nitrogens is 1. The molecule has 0 fully saturated rings. The summed E-state index contributed by atoms with van der Waals surface area (Å²) < 4.78 is 28.2. The molecule has 0 radical (unpaired) electrons. The first-order chi connectivity index (χ1) is 9.70. The average molecular weight is 332 g/mol. The fourth-order valence-electron chi connectivity index (χ4n) is 1.89. The van der Waals surface area contributed by atoms with Crippen LogP contribution in [0.15, 0.2) is 15.8 Å². The third kappa shape index (κ3) is 3.31. The Bertz CT molecular complexity index is 840. The fraction of sp³-hybridized carbons (Fsp3) is 0.364. The van der Waals surface area contributed by atoms with Crippen molar-refractivity contribution in [2.75, 3.05) is 0 Å². The van der Waals surface area contributed by atoms with Crippen LogP contribution in [-0.4, -0.2) is 28.2 Å². The number of nitrogens with one attached hydrogen (secondary N) is 2. The summed E-state index contributed by atoms with van der Waals surface area (Å²) in [6, 6.07) is 1.23. The Morgan fingerprint density at radius 1 is 1.43 bits per heavy atom. The molecule has 0 unspecified atom stereocenters. The van der Waals surface area contributed by atoms with Gasteiger partial charge in [-0.2, -0.15) is 5.10 Å². The van der Waals surface area contributed by atoms with Crippen molar-refractivity contribution in [2.45, 2.75) is 25.3 Å². The van der Waals surface area contributed by atoms with E-state index in [9.17, 15) is 13.2 Å². The first kappa shape index (κ1) is 15.7. The van der Waals surface area contributed by atoms with Gasteiger partial charge in [0.25, 0.3) is 5.56 Å². The summed E-state index contributed by atoms with van der Waals surface area (Å²) in [7, 11) is -2.29. The highest BCUT2D eigenvalue weighted by Crippen LogP contribution is 2.23. The van der Waals surface area contributed by atoms with Crippen molar-refractivity contribution >= 4 is 21.6 Å². The van der Waals surface area contributed by atoms with Crippen LogP contribution in [0.2, 0.25) is 5.15 Å². The Kier molecular flexibility index (Phi) is 4.17. The van der Waals surface area contributed by atoms with Crippen LogP contribution in [0.4, 0.5) is 0 Å². The first-order valence-electron chi connectivity index (χ1n) is 5.96. The van der Waals surface area contributed by atoms with Gasteiger partial charge in [0, 0.05) is 13.1 Å². The Labute approximate surface area is 126 Å². The number of aryl methyl sites for hydroxylation is 3. The fourth-order valence-corrected chi connectivity index (χ4v) is 3.63. The van der Waals surface area contributed by atoms with Gasteiger partial charge in [0.05, 0.1) is 17.9 Å². The van der Waals surface area contributed by atoms with E-state index in [-0.39, 0.29) is 22.2 Å². The topological polar surface area (TPSA) is 110 Å². The number of rotatable bonds is 4. The maximum absolute atomic E-state index is 12.3. The molecule has 0 amide bonds. The van der Waals surface area contributed by atoms with Gasteiger partial charge in [-0.3, -0.25) is 9.48 Å². The summed E-state index contributed by atoms with van der Waals surface area (Å²) in [5.41, 5.74) is 0.273. The number of nitrogens with zero attached hydrogens (tertiary/aromatic N) is 3. The molecule has 0 aliphatic rings. The lowest BCUT2D eigenvalue weighted by Crippen LogP contribution is -2.25. The van der Waals surface area contributed by atoms with Crippen molar-refractivity contribution in [1.29, 1.82) is 0 Å². The van der Waals surface area contributed by atoms with Gasteiger partial charge in [-0.25, -0.2) is 18.1 Å². The highest BCUT2D eigenvalue weighted by atomic mass is 35.5. The molecule has 0 aromatic carbocycles. The SMILES string of the molecule is Cc1nc(CNS(=O)(=O)c2c(C)nn(C)c2Cl)cc(=O)[nH]1. The van der Waals surface area contributed by atoms with Gasteiger partial charge in [0.15, 0.2) is 0 Å². The second-order valence-electron chi connectivity index (χ2n) is 4.48. The minimum atomic E-state index is -3.84. The van der Waals surface area contributed by atoms with E-state index in [2.05, 4.69) is 19.8 Å². The van der Waals surface area contributed by atoms with Crippen molar-refractivity contribution in [2.24, 2.45) is 7.05 Å². The average Bonchev–Trinajstić information content (AvgIpc) is 2.60. The zero-order chi connectivity index (χ0) is 15.8. The molecule has 8 nitrogen and oxygen atoms in total. The van der Waals surface area contributed by atoms with Crippen LogP contribution in [0.1, 0.15) is 17.2 Å². The summed E-state index contributed by atoms with van der Waals surface area (Å²) in [6.45, 7) is 3.05. The number of aromatic nitrogens is 4. The minimum Gasteiger partial charge on any atom is -0.311 e. The standard InChI is InChI=1S/C11H14ClN5O3S/c1-6-10(11(12)17(3)16-6)21(19,20)13-5-8-4-9(18)15-7(2)14-8/h4,13H,5H2,1-3H3,(H,14,15,18). The molecule has 0 spiro atoms. The number of hydrogen-bond acceptors (Lipinski definition) is 5. The predicted octanol–water partition coefficient (Wildman–Crippen LogP) is 0.252. The molecule has 2 heterocycles. The largest absolute Gasteiger partial charge is 0.311 e. The molecule has 0 aliphatic carbocycles. The summed E-state index contributed by atoms with van der Waals surface area (Å²) in [5, 5.41) is 3.98. The van der Waals surface area contributed by atoms with Gasteiger partial charge in [-0.05, 0) is 13.8 Å². The minimum absolute atomic E-state index is 0.0232. The van der Waals surface area contributed by atoms with Gasteiger partial charge >= 0.3 is 0 Å². The molecule has 2 rings (SSSR count). The van der Waals surface area contributed by atoms with E-state index >= 15 is 0 Å². The van der Waals surface area contributed by atoms with Crippen LogP contribution < -0.4 is 10.3 Å². The number of halogens is 1. The lowest BCUT2D eigenvalue weighted by Gasteiger charge is -2.06. The molecule has 2 N–H and O–H groups in total. The number of aromatic amines is 1. The van der Waals surface area contributed by atoms with Crippen LogP contribution in [0.3, 0.4) is 0 Å². The number of hydrogen-bond donors (Lipinski definition) is 2. The Balaban J connectivity index is 2.28. The van der Waals surface area contributed by atoms with Gasteiger partial charge in [-0.15, -0.1) is 0 Å². The third-order valence-corrected chi connectivity index (χ3v) is 4.82. The molecule has 10 heteroatoms. The van der Waals surface area contributed by atoms with E-state index in [4.69, 9.17) is 11.6 Å². The van der Waals surface area contributed by atoms with Crippen molar-refractivity contribution in [1.82, 2.24) is 24.5 Å². The van der Waals surface area contributed by atoms with Crippen molar-refractivity contribution in [3.63, 3.8) is 0 Å². The van der Waals surface area contributed by atoms with Crippen LogP contribution in [0, 0.1) is 13.8 Å². The quantitative estimate of drug-likeness (QED) is 0.834. The summed E-state index contributed by atoms with van der Waals surface area (Å²) >= 11 is 5.94. The second kappa shape index (κ2) is 5.58. The zero-order valence-electron chi connectivity index (χ0n) is 11.6. The van der Waals surface area contributed by atoms with Crippen molar-refractivity contribution in [3.8, 4) is 0 Å². The van der Waals surface area contributed by atoms with Crippen LogP contribution >= 0.6 is 11.6 Å². The molecule has 2 aromatic rings. The van der Waals surface area contributed by atoms with Gasteiger partial charge < -0.3 is 4.98 Å². The highest BCUT2D eigenvalue weighted by Gasteiger charge is 2.25. The first-order valence-corrected chi connectivity index (χ1v) is 7.82. The molecule has 0 aliphatic heterocycles. The van der Waals surface area contributed by atoms with Gasteiger partial charge in [0.1, 0.15) is 15.9 Å². The highest BCUT2D eigenvalue weighted by molar-refractivity contribution is 7.89. The van der Waals surface area contributed by atoms with E-state index in [1.165, 1.54) is 10.7 Å². The van der Waals surface area contributed by atoms with Crippen LogP contribution in [0.25, 0.3) is 0 Å². The normalized spacial score (nSPS) is 11.8. The number of sulfonamides is 1. The third-order valence-electron chi connectivity index (χ3n) is 2.73. The van der Waals surface area contributed by atoms with E-state index in [1.807, 2.05) is 0 Å². The maximum Gasteiger partial charge on any atom is 0.251 e. The predicted molar refractivity (Wildman–Crippen MR) is 76.6 cm³/mol. The van der Waals surface area contributed by atoms with Gasteiger partial charge in [0.2, 0.25) is 10.0 Å². The van der Waals surface area contributed by atoms with E-state index in [0.29, 0.717) is 17.2 Å². The second-order valence-corrected chi connectivity index (χ2v) is 6.54. The maximum atomic E-state index is 12.3. The van der Waals surface area contributed by atoms with E-state index in [1.54, 1.807) is 20.9 Å². The summed E-state index contributed by atoms with van der Waals surface area (Å²) in [5.74, 6) is 0.410. The molecular formula is C11H14ClN5O3S. The Hall–Kier alpha value is -1.71. The van der Waals surface area contributed by atoms with Gasteiger partial charge in [-0.1, -0.05) is 11.6 Å². The molecule has 0 bridgehead atoms. The van der Waals surface area contributed by atoms with E-state index in [0.717, 1.165) is 0 Å². The van der Waals surface area contributed by atoms with Crippen LogP contribution in [-0.2, 0) is 23.6 Å². The lowest BCUT2D eigenvalue weighted by atomic mass is 10.4. The monoisotopic (exact) mass is 331 g/mol. The molecule has 0 saturated carbocycles. The lowest BCUT2D eigenvalue weighted by molar-refractivity contribution is 0.579. The summed E-state index contributed by atoms with van der Waals surface area (Å²) in [6.07, 6.45) is 0. The van der Waals surface area contributed by atoms with E-state index < -0.39 is 10.0 Å². The molecule has 2 aromatic heterocycles. The zero-order valence-corrected chi connectivity index (χ0v) is 13.2. The molecule has 0 atom stereocenters. The molecule has 21 heavy (non-hydrogen) atoms. The molecular weight excluding hydrogens is 318 g/mol. The Morgan fingerprint density at radius 3 is 2.62 bits per heavy atom. The van der Waals surface area contributed by atoms with Crippen molar-refractivity contribution in [3.05, 3.63) is 38.8 Å².